The molecule has 0 heterocycles. The van der Waals surface area contributed by atoms with Gasteiger partial charge in [-0.05, 0) is 23.6 Å². The lowest BCUT2D eigenvalue weighted by Gasteiger charge is -2.09. The number of hydrogen-bond donors (Lipinski definition) is 1. The van der Waals surface area contributed by atoms with Gasteiger partial charge >= 0.3 is 5.97 Å². The fourth-order valence-electron chi connectivity index (χ4n) is 1.25. The van der Waals surface area contributed by atoms with E-state index >= 15 is 0 Å². The van der Waals surface area contributed by atoms with Gasteiger partial charge in [-0.2, -0.15) is 0 Å². The SMILES string of the molecule is COc1ccc(C(C)C)cc1C(=O)O. The van der Waals surface area contributed by atoms with Crippen LogP contribution in [0.15, 0.2) is 18.2 Å². The minimum atomic E-state index is -0.954. The van der Waals surface area contributed by atoms with E-state index in [0.29, 0.717) is 11.7 Å². The maximum Gasteiger partial charge on any atom is 0.339 e. The normalized spacial score (nSPS) is 10.3. The van der Waals surface area contributed by atoms with Gasteiger partial charge in [-0.3, -0.25) is 0 Å². The maximum absolute atomic E-state index is 10.9. The number of carbonyl (C=O) groups is 1. The molecule has 0 aliphatic rings. The van der Waals surface area contributed by atoms with Crippen molar-refractivity contribution in [2.45, 2.75) is 19.8 Å². The molecule has 1 rings (SSSR count). The Morgan fingerprint density at radius 2 is 2.07 bits per heavy atom. The number of carboxylic acid groups (broad SMARTS) is 1. The standard InChI is InChI=1S/C11H14O3/c1-7(2)8-4-5-10(14-3)9(6-8)11(12)13/h4-7H,1-3H3,(H,12,13). The largest absolute Gasteiger partial charge is 0.496 e. The van der Waals surface area contributed by atoms with Crippen molar-refractivity contribution >= 4 is 5.97 Å². The molecule has 0 saturated heterocycles. The molecule has 0 aromatic heterocycles. The zero-order chi connectivity index (χ0) is 10.7. The van der Waals surface area contributed by atoms with Gasteiger partial charge in [0.1, 0.15) is 11.3 Å². The predicted molar refractivity (Wildman–Crippen MR) is 54.0 cm³/mol. The van der Waals surface area contributed by atoms with Gasteiger partial charge in [0.05, 0.1) is 7.11 Å². The van der Waals surface area contributed by atoms with E-state index < -0.39 is 5.97 Å². The number of methoxy groups -OCH3 is 1. The van der Waals surface area contributed by atoms with Crippen LogP contribution in [-0.2, 0) is 0 Å². The van der Waals surface area contributed by atoms with E-state index in [1.165, 1.54) is 7.11 Å². The van der Waals surface area contributed by atoms with E-state index in [4.69, 9.17) is 9.84 Å². The summed E-state index contributed by atoms with van der Waals surface area (Å²) in [7, 11) is 1.47. The summed E-state index contributed by atoms with van der Waals surface area (Å²) in [5.74, 6) is -0.231. The second-order valence-electron chi connectivity index (χ2n) is 3.42. The van der Waals surface area contributed by atoms with Gasteiger partial charge in [0.25, 0.3) is 0 Å². The molecule has 1 aromatic rings. The lowest BCUT2D eigenvalue weighted by molar-refractivity contribution is 0.0693. The molecular weight excluding hydrogens is 180 g/mol. The third kappa shape index (κ3) is 2.05. The summed E-state index contributed by atoms with van der Waals surface area (Å²) in [6.45, 7) is 4.04. The van der Waals surface area contributed by atoms with Crippen LogP contribution in [0.3, 0.4) is 0 Å². The van der Waals surface area contributed by atoms with Crippen LogP contribution < -0.4 is 4.74 Å². The molecule has 0 amide bonds. The van der Waals surface area contributed by atoms with Gasteiger partial charge in [-0.25, -0.2) is 4.79 Å². The van der Waals surface area contributed by atoms with E-state index in [-0.39, 0.29) is 5.56 Å². The summed E-state index contributed by atoms with van der Waals surface area (Å²) in [5, 5.41) is 8.92. The second-order valence-corrected chi connectivity index (χ2v) is 3.42. The van der Waals surface area contributed by atoms with Crippen molar-refractivity contribution in [2.24, 2.45) is 0 Å². The third-order valence-corrected chi connectivity index (χ3v) is 2.12. The quantitative estimate of drug-likeness (QED) is 0.804. The summed E-state index contributed by atoms with van der Waals surface area (Å²) < 4.78 is 4.96. The first-order chi connectivity index (χ1) is 6.56. The van der Waals surface area contributed by atoms with Gasteiger partial charge in [0.15, 0.2) is 0 Å². The van der Waals surface area contributed by atoms with E-state index in [1.54, 1.807) is 12.1 Å². The maximum atomic E-state index is 10.9. The fourth-order valence-corrected chi connectivity index (χ4v) is 1.25. The molecule has 0 fully saturated rings. The Morgan fingerprint density at radius 3 is 2.50 bits per heavy atom. The molecule has 3 nitrogen and oxygen atoms in total. The van der Waals surface area contributed by atoms with Crippen LogP contribution in [0.5, 0.6) is 5.75 Å². The number of aromatic carboxylic acids is 1. The minimum absolute atomic E-state index is 0.221. The minimum Gasteiger partial charge on any atom is -0.496 e. The molecule has 1 aromatic carbocycles. The molecule has 0 saturated carbocycles. The number of carboxylic acids is 1. The Balaban J connectivity index is 3.21. The van der Waals surface area contributed by atoms with Crippen LogP contribution in [0.1, 0.15) is 35.7 Å². The molecule has 0 aliphatic carbocycles. The van der Waals surface area contributed by atoms with Crippen molar-refractivity contribution in [3.05, 3.63) is 29.3 Å². The molecule has 0 spiro atoms. The molecule has 76 valence electrons. The average Bonchev–Trinajstić information content (AvgIpc) is 2.16. The third-order valence-electron chi connectivity index (χ3n) is 2.12. The molecule has 0 radical (unpaired) electrons. The molecule has 0 aliphatic heterocycles. The van der Waals surface area contributed by atoms with Crippen molar-refractivity contribution < 1.29 is 14.6 Å². The first kappa shape index (κ1) is 10.6. The molecule has 0 unspecified atom stereocenters. The monoisotopic (exact) mass is 194 g/mol. The molecule has 0 atom stereocenters. The van der Waals surface area contributed by atoms with Crippen LogP contribution in [0.2, 0.25) is 0 Å². The molecule has 3 heteroatoms. The van der Waals surface area contributed by atoms with Crippen LogP contribution >= 0.6 is 0 Å². The lowest BCUT2D eigenvalue weighted by Crippen LogP contribution is -2.02. The van der Waals surface area contributed by atoms with Crippen molar-refractivity contribution in [1.82, 2.24) is 0 Å². The Morgan fingerprint density at radius 1 is 1.43 bits per heavy atom. The van der Waals surface area contributed by atoms with E-state index in [2.05, 4.69) is 0 Å². The molecule has 1 N–H and O–H groups in total. The van der Waals surface area contributed by atoms with Crippen molar-refractivity contribution in [2.75, 3.05) is 7.11 Å². The fraction of sp³-hybridized carbons (Fsp3) is 0.364. The van der Waals surface area contributed by atoms with Crippen LogP contribution in [0.25, 0.3) is 0 Å². The predicted octanol–water partition coefficient (Wildman–Crippen LogP) is 2.52. The zero-order valence-electron chi connectivity index (χ0n) is 8.57. The van der Waals surface area contributed by atoms with Gasteiger partial charge in [0.2, 0.25) is 0 Å². The highest BCUT2D eigenvalue weighted by molar-refractivity contribution is 5.91. The average molecular weight is 194 g/mol. The van der Waals surface area contributed by atoms with Crippen molar-refractivity contribution in [1.29, 1.82) is 0 Å². The highest BCUT2D eigenvalue weighted by Gasteiger charge is 2.12. The highest BCUT2D eigenvalue weighted by atomic mass is 16.5. The zero-order valence-corrected chi connectivity index (χ0v) is 8.57. The van der Waals surface area contributed by atoms with Crippen molar-refractivity contribution in [3.63, 3.8) is 0 Å². The summed E-state index contributed by atoms with van der Waals surface area (Å²) in [6.07, 6.45) is 0. The lowest BCUT2D eigenvalue weighted by atomic mass is 10.0. The number of ether oxygens (including phenoxy) is 1. The highest BCUT2D eigenvalue weighted by Crippen LogP contribution is 2.23. The van der Waals surface area contributed by atoms with Gasteiger partial charge in [-0.1, -0.05) is 19.9 Å². The number of benzene rings is 1. The Kier molecular flexibility index (Phi) is 3.12. The van der Waals surface area contributed by atoms with Gasteiger partial charge < -0.3 is 9.84 Å². The van der Waals surface area contributed by atoms with Crippen LogP contribution in [0, 0.1) is 0 Å². The Labute approximate surface area is 83.3 Å². The van der Waals surface area contributed by atoms with E-state index in [9.17, 15) is 4.79 Å². The molecular formula is C11H14O3. The first-order valence-electron chi connectivity index (χ1n) is 4.47. The Hall–Kier alpha value is -1.51. The second kappa shape index (κ2) is 4.13. The Bertz CT molecular complexity index is 342. The van der Waals surface area contributed by atoms with Gasteiger partial charge in [-0.15, -0.1) is 0 Å². The first-order valence-corrected chi connectivity index (χ1v) is 4.47. The molecule has 14 heavy (non-hydrogen) atoms. The van der Waals surface area contributed by atoms with Crippen LogP contribution in [0.4, 0.5) is 0 Å². The van der Waals surface area contributed by atoms with Crippen LogP contribution in [-0.4, -0.2) is 18.2 Å². The summed E-state index contributed by atoms with van der Waals surface area (Å²) in [4.78, 5) is 10.9. The summed E-state index contributed by atoms with van der Waals surface area (Å²) in [5.41, 5.74) is 1.22. The topological polar surface area (TPSA) is 46.5 Å². The van der Waals surface area contributed by atoms with E-state index in [1.807, 2.05) is 19.9 Å². The van der Waals surface area contributed by atoms with Gasteiger partial charge in [0, 0.05) is 0 Å². The summed E-state index contributed by atoms with van der Waals surface area (Å²) in [6, 6.07) is 5.24. The summed E-state index contributed by atoms with van der Waals surface area (Å²) >= 11 is 0. The van der Waals surface area contributed by atoms with E-state index in [0.717, 1.165) is 5.56 Å². The smallest absolute Gasteiger partial charge is 0.339 e. The van der Waals surface area contributed by atoms with Crippen molar-refractivity contribution in [3.8, 4) is 5.75 Å². The number of rotatable bonds is 3. The molecule has 0 bridgehead atoms. The number of hydrogen-bond acceptors (Lipinski definition) is 2.